The first-order valence-electron chi connectivity index (χ1n) is 6.28. The lowest BCUT2D eigenvalue weighted by atomic mass is 9.96. The third kappa shape index (κ3) is 3.34. The Bertz CT molecular complexity index is 568. The molecule has 0 bridgehead atoms. The first-order chi connectivity index (χ1) is 9.11. The zero-order valence-corrected chi connectivity index (χ0v) is 11.8. The van der Waals surface area contributed by atoms with Crippen molar-refractivity contribution in [2.45, 2.75) is 19.4 Å². The maximum Gasteiger partial charge on any atom is 0.124 e. The minimum Gasteiger partial charge on any atom is -0.313 e. The van der Waals surface area contributed by atoms with Gasteiger partial charge in [-0.25, -0.2) is 4.39 Å². The molecule has 0 spiro atoms. The minimum atomic E-state index is -0.306. The van der Waals surface area contributed by atoms with E-state index in [2.05, 4.69) is 24.4 Å². The van der Waals surface area contributed by atoms with Crippen molar-refractivity contribution in [3.63, 3.8) is 0 Å². The number of hydrogen-bond acceptors (Lipinski definition) is 1. The van der Waals surface area contributed by atoms with E-state index in [1.54, 1.807) is 6.07 Å². The molecule has 0 fully saturated rings. The van der Waals surface area contributed by atoms with Crippen LogP contribution in [0.3, 0.4) is 0 Å². The van der Waals surface area contributed by atoms with Crippen LogP contribution in [-0.4, -0.2) is 7.05 Å². The molecule has 19 heavy (non-hydrogen) atoms. The Labute approximate surface area is 118 Å². The minimum absolute atomic E-state index is 0.0780. The fraction of sp³-hybridized carbons (Fsp3) is 0.250. The summed E-state index contributed by atoms with van der Waals surface area (Å²) in [7, 11) is 1.89. The van der Waals surface area contributed by atoms with Crippen LogP contribution in [0.15, 0.2) is 42.5 Å². The maximum atomic E-state index is 13.1. The molecule has 1 N–H and O–H groups in total. The Hall–Kier alpha value is -1.38. The molecule has 2 aromatic rings. The average molecular weight is 278 g/mol. The lowest BCUT2D eigenvalue weighted by Crippen LogP contribution is -2.19. The lowest BCUT2D eigenvalue weighted by Gasteiger charge is -2.19. The molecule has 2 aromatic carbocycles. The van der Waals surface area contributed by atoms with Gasteiger partial charge < -0.3 is 5.32 Å². The molecular weight excluding hydrogens is 261 g/mol. The van der Waals surface area contributed by atoms with E-state index in [9.17, 15) is 4.39 Å². The molecule has 0 saturated heterocycles. The van der Waals surface area contributed by atoms with Crippen LogP contribution in [0.2, 0.25) is 5.02 Å². The molecule has 3 heteroatoms. The van der Waals surface area contributed by atoms with Crippen molar-refractivity contribution in [1.29, 1.82) is 0 Å². The van der Waals surface area contributed by atoms with Crippen LogP contribution in [0.4, 0.5) is 4.39 Å². The number of hydrogen-bond donors (Lipinski definition) is 1. The number of likely N-dealkylation sites (N-methyl/N-ethyl adjacent to an activating group) is 1. The Balaban J connectivity index is 2.28. The zero-order valence-electron chi connectivity index (χ0n) is 11.1. The fourth-order valence-electron chi connectivity index (χ4n) is 2.21. The molecule has 1 nitrogen and oxygen atoms in total. The van der Waals surface area contributed by atoms with Gasteiger partial charge in [-0.05, 0) is 49.2 Å². The summed E-state index contributed by atoms with van der Waals surface area (Å²) in [4.78, 5) is 0. The van der Waals surface area contributed by atoms with E-state index in [4.69, 9.17) is 11.6 Å². The van der Waals surface area contributed by atoms with Crippen molar-refractivity contribution >= 4 is 11.6 Å². The average Bonchev–Trinajstić information content (AvgIpc) is 2.39. The Kier molecular flexibility index (Phi) is 4.56. The number of halogens is 2. The molecule has 2 rings (SSSR count). The molecule has 0 heterocycles. The van der Waals surface area contributed by atoms with Crippen molar-refractivity contribution < 1.29 is 4.39 Å². The monoisotopic (exact) mass is 277 g/mol. The Morgan fingerprint density at radius 3 is 2.58 bits per heavy atom. The molecule has 0 aromatic heterocycles. The molecule has 0 amide bonds. The second kappa shape index (κ2) is 6.18. The summed E-state index contributed by atoms with van der Waals surface area (Å²) in [6, 6.07) is 12.9. The second-order valence-corrected chi connectivity index (χ2v) is 5.04. The van der Waals surface area contributed by atoms with E-state index >= 15 is 0 Å². The Morgan fingerprint density at radius 1 is 1.21 bits per heavy atom. The van der Waals surface area contributed by atoms with Crippen molar-refractivity contribution in [3.8, 4) is 0 Å². The summed E-state index contributed by atoms with van der Waals surface area (Å²) in [6.07, 6.45) is 0.828. The molecule has 0 radical (unpaired) electrons. The van der Waals surface area contributed by atoms with Crippen LogP contribution in [0.25, 0.3) is 0 Å². The fourth-order valence-corrected chi connectivity index (χ4v) is 2.51. The third-order valence-corrected chi connectivity index (χ3v) is 3.70. The van der Waals surface area contributed by atoms with Crippen LogP contribution in [-0.2, 0) is 6.42 Å². The first kappa shape index (κ1) is 14.0. The predicted octanol–water partition coefficient (Wildman–Crippen LogP) is 4.29. The van der Waals surface area contributed by atoms with E-state index in [1.165, 1.54) is 23.3 Å². The van der Waals surface area contributed by atoms with Gasteiger partial charge in [0, 0.05) is 11.1 Å². The molecule has 1 unspecified atom stereocenters. The molecule has 1 atom stereocenters. The van der Waals surface area contributed by atoms with E-state index in [-0.39, 0.29) is 11.9 Å². The smallest absolute Gasteiger partial charge is 0.124 e. The van der Waals surface area contributed by atoms with E-state index < -0.39 is 0 Å². The summed E-state index contributed by atoms with van der Waals surface area (Å²) in [5.74, 6) is -0.306. The summed E-state index contributed by atoms with van der Waals surface area (Å²) in [6.45, 7) is 2.09. The normalized spacial score (nSPS) is 12.4. The molecule has 0 aliphatic carbocycles. The number of rotatable bonds is 4. The van der Waals surface area contributed by atoms with Crippen LogP contribution < -0.4 is 5.32 Å². The maximum absolute atomic E-state index is 13.1. The van der Waals surface area contributed by atoms with Gasteiger partial charge in [-0.15, -0.1) is 0 Å². The van der Waals surface area contributed by atoms with Gasteiger partial charge in [-0.1, -0.05) is 41.9 Å². The van der Waals surface area contributed by atoms with Crippen LogP contribution in [0.5, 0.6) is 0 Å². The summed E-state index contributed by atoms with van der Waals surface area (Å²) in [5, 5.41) is 3.71. The predicted molar refractivity (Wildman–Crippen MR) is 78.1 cm³/mol. The van der Waals surface area contributed by atoms with Crippen molar-refractivity contribution in [2.24, 2.45) is 0 Å². The first-order valence-corrected chi connectivity index (χ1v) is 6.66. The van der Waals surface area contributed by atoms with Gasteiger partial charge in [0.15, 0.2) is 0 Å². The van der Waals surface area contributed by atoms with Crippen LogP contribution in [0, 0.1) is 12.7 Å². The molecule has 0 aliphatic heterocycles. The SMILES string of the molecule is CNC(Cc1ccccc1C)c1ccc(F)cc1Cl. The van der Waals surface area contributed by atoms with Crippen molar-refractivity contribution in [1.82, 2.24) is 5.32 Å². The van der Waals surface area contributed by atoms with Gasteiger partial charge in [0.25, 0.3) is 0 Å². The van der Waals surface area contributed by atoms with Crippen LogP contribution in [0.1, 0.15) is 22.7 Å². The van der Waals surface area contributed by atoms with Gasteiger partial charge in [-0.3, -0.25) is 0 Å². The summed E-state index contributed by atoms with van der Waals surface area (Å²) >= 11 is 6.13. The third-order valence-electron chi connectivity index (χ3n) is 3.37. The standard InChI is InChI=1S/C16H17ClFN/c1-11-5-3-4-6-12(11)9-16(19-2)14-8-7-13(18)10-15(14)17/h3-8,10,16,19H,9H2,1-2H3. The molecule has 100 valence electrons. The summed E-state index contributed by atoms with van der Waals surface area (Å²) < 4.78 is 13.1. The zero-order chi connectivity index (χ0) is 13.8. The van der Waals surface area contributed by atoms with Gasteiger partial charge in [0.1, 0.15) is 5.82 Å². The Morgan fingerprint density at radius 2 is 1.95 bits per heavy atom. The topological polar surface area (TPSA) is 12.0 Å². The second-order valence-electron chi connectivity index (χ2n) is 4.64. The number of benzene rings is 2. The van der Waals surface area contributed by atoms with E-state index in [0.717, 1.165) is 12.0 Å². The van der Waals surface area contributed by atoms with Gasteiger partial charge in [-0.2, -0.15) is 0 Å². The van der Waals surface area contributed by atoms with Crippen LogP contribution >= 0.6 is 11.6 Å². The highest BCUT2D eigenvalue weighted by atomic mass is 35.5. The van der Waals surface area contributed by atoms with Crippen molar-refractivity contribution in [3.05, 3.63) is 70.0 Å². The van der Waals surface area contributed by atoms with Gasteiger partial charge in [0.2, 0.25) is 0 Å². The van der Waals surface area contributed by atoms with E-state index in [0.29, 0.717) is 5.02 Å². The lowest BCUT2D eigenvalue weighted by molar-refractivity contribution is 0.585. The van der Waals surface area contributed by atoms with Crippen molar-refractivity contribution in [2.75, 3.05) is 7.05 Å². The largest absolute Gasteiger partial charge is 0.313 e. The van der Waals surface area contributed by atoms with Gasteiger partial charge in [0.05, 0.1) is 0 Å². The highest BCUT2D eigenvalue weighted by Gasteiger charge is 2.14. The highest BCUT2D eigenvalue weighted by Crippen LogP contribution is 2.27. The summed E-state index contributed by atoms with van der Waals surface area (Å²) in [5.41, 5.74) is 3.44. The van der Waals surface area contributed by atoms with Gasteiger partial charge >= 0.3 is 0 Å². The quantitative estimate of drug-likeness (QED) is 0.879. The highest BCUT2D eigenvalue weighted by molar-refractivity contribution is 6.31. The van der Waals surface area contributed by atoms with E-state index in [1.807, 2.05) is 19.2 Å². The molecule has 0 saturated carbocycles. The molecular formula is C16H17ClFN. The number of nitrogens with one attached hydrogen (secondary N) is 1. The molecule has 0 aliphatic rings. The number of aryl methyl sites for hydroxylation is 1.